The molecule has 2 heterocycles. The lowest BCUT2D eigenvalue weighted by Crippen LogP contribution is -2.39. The molecule has 0 bridgehead atoms. The smallest absolute Gasteiger partial charge is 0.410 e. The highest BCUT2D eigenvalue weighted by atomic mass is 16.6. The van der Waals surface area contributed by atoms with Crippen LogP contribution in [0.3, 0.4) is 0 Å². The fourth-order valence-electron chi connectivity index (χ4n) is 3.15. The van der Waals surface area contributed by atoms with Crippen LogP contribution in [0.2, 0.25) is 0 Å². The van der Waals surface area contributed by atoms with Crippen molar-refractivity contribution in [2.75, 3.05) is 39.4 Å². The Hall–Kier alpha value is -1.54. The van der Waals surface area contributed by atoms with Crippen molar-refractivity contribution in [3.63, 3.8) is 0 Å². The maximum absolute atomic E-state index is 11.7. The Labute approximate surface area is 188 Å². The second kappa shape index (κ2) is 14.5. The van der Waals surface area contributed by atoms with Crippen LogP contribution in [0.15, 0.2) is 0 Å². The molecule has 2 amide bonds. The monoisotopic (exact) mass is 446 g/mol. The molecule has 0 aliphatic carbocycles. The van der Waals surface area contributed by atoms with E-state index in [-0.39, 0.29) is 31.0 Å². The van der Waals surface area contributed by atoms with Crippen LogP contribution in [0.25, 0.3) is 0 Å². The molecule has 2 saturated heterocycles. The second-order valence-corrected chi connectivity index (χ2v) is 9.94. The van der Waals surface area contributed by atoms with Crippen molar-refractivity contribution in [2.24, 2.45) is 5.92 Å². The van der Waals surface area contributed by atoms with Crippen LogP contribution in [0.5, 0.6) is 0 Å². The van der Waals surface area contributed by atoms with Crippen LogP contribution >= 0.6 is 0 Å². The minimum atomic E-state index is -0.424. The molecule has 0 saturated carbocycles. The number of rotatable bonds is 2. The number of ether oxygens (including phenoxy) is 2. The summed E-state index contributed by atoms with van der Waals surface area (Å²) in [5.41, 5.74) is -0.791. The maximum Gasteiger partial charge on any atom is 0.410 e. The Morgan fingerprint density at radius 3 is 1.71 bits per heavy atom. The molecule has 2 N–H and O–H groups in total. The zero-order chi connectivity index (χ0) is 24.1. The summed E-state index contributed by atoms with van der Waals surface area (Å²) in [5, 5.41) is 16.4. The summed E-state index contributed by atoms with van der Waals surface area (Å²) in [6.07, 6.45) is 4.81. The largest absolute Gasteiger partial charge is 0.444 e. The Morgan fingerprint density at radius 2 is 1.29 bits per heavy atom. The number of aliphatic hydroxyl groups is 2. The first-order valence-corrected chi connectivity index (χ1v) is 11.5. The van der Waals surface area contributed by atoms with Gasteiger partial charge in [0.2, 0.25) is 0 Å². The van der Waals surface area contributed by atoms with E-state index in [0.717, 1.165) is 51.9 Å². The normalized spacial score (nSPS) is 18.9. The van der Waals surface area contributed by atoms with E-state index in [2.05, 4.69) is 0 Å². The second-order valence-electron chi connectivity index (χ2n) is 9.94. The van der Waals surface area contributed by atoms with E-state index in [0.29, 0.717) is 5.92 Å². The standard InChI is InChI=1S/C11H21NO3.C10H19NO2.C2H6O/c1-11(2,3)15-10(14)12-6-4-9(8-12)5-7-13;1-10(2,3)13-9(12)11-7-5-4-6-8-11;1-2-3/h9,13H,4-8H2,1-3H3;4-8H2,1-3H3;3H,2H2,1H3/t9-;;/m0../s1. The summed E-state index contributed by atoms with van der Waals surface area (Å²) < 4.78 is 10.5. The number of carbonyl (C=O) groups is 2. The highest BCUT2D eigenvalue weighted by molar-refractivity contribution is 5.68. The first-order chi connectivity index (χ1) is 14.3. The van der Waals surface area contributed by atoms with Gasteiger partial charge in [-0.15, -0.1) is 0 Å². The van der Waals surface area contributed by atoms with Crippen LogP contribution in [-0.4, -0.2) is 82.8 Å². The first-order valence-electron chi connectivity index (χ1n) is 11.5. The summed E-state index contributed by atoms with van der Waals surface area (Å²) in [6.45, 7) is 16.6. The maximum atomic E-state index is 11.7. The number of amides is 2. The van der Waals surface area contributed by atoms with Gasteiger partial charge in [0.05, 0.1) is 0 Å². The fourth-order valence-corrected chi connectivity index (χ4v) is 3.15. The molecule has 2 aliphatic heterocycles. The summed E-state index contributed by atoms with van der Waals surface area (Å²) in [6, 6.07) is 0. The molecule has 1 atom stereocenters. The zero-order valence-electron chi connectivity index (χ0n) is 20.8. The van der Waals surface area contributed by atoms with E-state index >= 15 is 0 Å². The molecular formula is C23H46N2O6. The number of likely N-dealkylation sites (tertiary alicyclic amines) is 2. The lowest BCUT2D eigenvalue weighted by Gasteiger charge is -2.29. The molecule has 0 aromatic carbocycles. The summed E-state index contributed by atoms with van der Waals surface area (Å²) >= 11 is 0. The molecule has 2 fully saturated rings. The van der Waals surface area contributed by atoms with Crippen LogP contribution in [-0.2, 0) is 9.47 Å². The van der Waals surface area contributed by atoms with Gasteiger partial charge in [0, 0.05) is 39.4 Å². The van der Waals surface area contributed by atoms with Gasteiger partial charge in [-0.1, -0.05) is 0 Å². The minimum Gasteiger partial charge on any atom is -0.444 e. The summed E-state index contributed by atoms with van der Waals surface area (Å²) in [7, 11) is 0. The van der Waals surface area contributed by atoms with E-state index in [1.165, 1.54) is 6.42 Å². The van der Waals surface area contributed by atoms with Crippen LogP contribution in [0, 0.1) is 5.92 Å². The third kappa shape index (κ3) is 15.0. The van der Waals surface area contributed by atoms with Gasteiger partial charge >= 0.3 is 12.2 Å². The van der Waals surface area contributed by atoms with E-state index < -0.39 is 5.60 Å². The molecule has 0 aromatic heterocycles. The Bertz CT molecular complexity index is 507. The molecule has 0 spiro atoms. The molecule has 0 aromatic rings. The fraction of sp³-hybridized carbons (Fsp3) is 0.913. The first kappa shape index (κ1) is 29.5. The Kier molecular flexibility index (Phi) is 13.8. The molecule has 8 nitrogen and oxygen atoms in total. The topological polar surface area (TPSA) is 99.5 Å². The van der Waals surface area contributed by atoms with Gasteiger partial charge in [0.25, 0.3) is 0 Å². The van der Waals surface area contributed by atoms with Crippen molar-refractivity contribution in [1.29, 1.82) is 0 Å². The van der Waals surface area contributed by atoms with Gasteiger partial charge in [0.1, 0.15) is 11.2 Å². The molecule has 0 radical (unpaired) electrons. The molecular weight excluding hydrogens is 400 g/mol. The highest BCUT2D eigenvalue weighted by Crippen LogP contribution is 2.21. The van der Waals surface area contributed by atoms with Crippen molar-refractivity contribution in [3.8, 4) is 0 Å². The van der Waals surface area contributed by atoms with E-state index in [4.69, 9.17) is 19.7 Å². The third-order valence-electron chi connectivity index (χ3n) is 4.48. The van der Waals surface area contributed by atoms with Gasteiger partial charge in [0.15, 0.2) is 0 Å². The van der Waals surface area contributed by atoms with E-state index in [1.807, 2.05) is 41.5 Å². The number of carbonyl (C=O) groups excluding carboxylic acids is 2. The third-order valence-corrected chi connectivity index (χ3v) is 4.48. The van der Waals surface area contributed by atoms with E-state index in [9.17, 15) is 9.59 Å². The molecule has 2 aliphatic rings. The summed E-state index contributed by atoms with van der Waals surface area (Å²) in [5.74, 6) is 0.433. The van der Waals surface area contributed by atoms with Gasteiger partial charge in [-0.25, -0.2) is 9.59 Å². The zero-order valence-corrected chi connectivity index (χ0v) is 20.8. The van der Waals surface area contributed by atoms with Crippen molar-refractivity contribution in [1.82, 2.24) is 9.80 Å². The minimum absolute atomic E-state index is 0.160. The number of nitrogens with zero attached hydrogens (tertiary/aromatic N) is 2. The Morgan fingerprint density at radius 1 is 0.839 bits per heavy atom. The van der Waals surface area contributed by atoms with Crippen LogP contribution in [0.1, 0.15) is 80.6 Å². The van der Waals surface area contributed by atoms with Crippen molar-refractivity contribution < 1.29 is 29.3 Å². The number of piperidine rings is 1. The molecule has 2 rings (SSSR count). The number of hydrogen-bond acceptors (Lipinski definition) is 6. The predicted octanol–water partition coefficient (Wildman–Crippen LogP) is 4.03. The quantitative estimate of drug-likeness (QED) is 0.664. The molecule has 184 valence electrons. The van der Waals surface area contributed by atoms with Crippen molar-refractivity contribution in [3.05, 3.63) is 0 Å². The SMILES string of the molecule is CC(C)(C)OC(=O)N1CCCCC1.CC(C)(C)OC(=O)N1CC[C@@H](CCO)C1.CCO. The Balaban J connectivity index is 0.000000519. The predicted molar refractivity (Wildman–Crippen MR) is 122 cm³/mol. The number of aliphatic hydroxyl groups excluding tert-OH is 2. The highest BCUT2D eigenvalue weighted by Gasteiger charge is 2.29. The lowest BCUT2D eigenvalue weighted by atomic mass is 10.1. The van der Waals surface area contributed by atoms with E-state index in [1.54, 1.807) is 16.7 Å². The average molecular weight is 447 g/mol. The molecule has 8 heteroatoms. The van der Waals surface area contributed by atoms with Gasteiger partial charge < -0.3 is 29.5 Å². The lowest BCUT2D eigenvalue weighted by molar-refractivity contribution is 0.0214. The summed E-state index contributed by atoms with van der Waals surface area (Å²) in [4.78, 5) is 26.7. The van der Waals surface area contributed by atoms with Crippen LogP contribution < -0.4 is 0 Å². The van der Waals surface area contributed by atoms with Crippen molar-refractivity contribution >= 4 is 12.2 Å². The van der Waals surface area contributed by atoms with Gasteiger partial charge in [-0.05, 0) is 86.5 Å². The van der Waals surface area contributed by atoms with Crippen LogP contribution in [0.4, 0.5) is 9.59 Å². The van der Waals surface area contributed by atoms with Gasteiger partial charge in [-0.3, -0.25) is 0 Å². The number of hydrogen-bond donors (Lipinski definition) is 2. The van der Waals surface area contributed by atoms with Gasteiger partial charge in [-0.2, -0.15) is 0 Å². The van der Waals surface area contributed by atoms with Crippen molar-refractivity contribution in [2.45, 2.75) is 91.8 Å². The average Bonchev–Trinajstić information content (AvgIpc) is 3.10. The molecule has 0 unspecified atom stereocenters. The molecule has 31 heavy (non-hydrogen) atoms.